The zero-order chi connectivity index (χ0) is 14.8. The van der Waals surface area contributed by atoms with E-state index in [1.165, 1.54) is 0 Å². The van der Waals surface area contributed by atoms with E-state index in [4.69, 9.17) is 5.73 Å². The second-order valence-corrected chi connectivity index (χ2v) is 6.93. The van der Waals surface area contributed by atoms with Crippen LogP contribution < -0.4 is 11.1 Å². The molecule has 0 aliphatic rings. The lowest BCUT2D eigenvalue weighted by Crippen LogP contribution is -2.43. The van der Waals surface area contributed by atoms with Crippen molar-refractivity contribution in [1.29, 1.82) is 0 Å². The van der Waals surface area contributed by atoms with Crippen molar-refractivity contribution in [2.24, 2.45) is 11.7 Å². The number of benzene rings is 1. The largest absolute Gasteiger partial charge is 0.377 e. The third kappa shape index (κ3) is 3.49. The summed E-state index contributed by atoms with van der Waals surface area (Å²) in [6.45, 7) is 7.20. The number of nitrogens with zero attached hydrogens (tertiary/aromatic N) is 1. The van der Waals surface area contributed by atoms with Crippen LogP contribution >= 0.6 is 15.9 Å². The van der Waals surface area contributed by atoms with Crippen LogP contribution in [-0.2, 0) is 0 Å². The number of nitrogens with one attached hydrogen (secondary N) is 1. The first kappa shape index (κ1) is 15.3. The molecule has 3 N–H and O–H groups in total. The van der Waals surface area contributed by atoms with Crippen LogP contribution in [0.2, 0.25) is 0 Å². The molecule has 0 spiro atoms. The van der Waals surface area contributed by atoms with E-state index in [9.17, 15) is 0 Å². The van der Waals surface area contributed by atoms with Crippen molar-refractivity contribution in [3.63, 3.8) is 0 Å². The van der Waals surface area contributed by atoms with E-state index in [0.29, 0.717) is 12.5 Å². The molecule has 108 valence electrons. The van der Waals surface area contributed by atoms with E-state index >= 15 is 0 Å². The standard InChI is InChI=1S/C16H22BrN3/c1-11(2)8-16(3,10-18)20-14-6-4-5-12-7-13(17)9-19-15(12)14/h4-7,9,11,20H,8,10,18H2,1-3H3. The Bertz CT molecular complexity index is 597. The van der Waals surface area contributed by atoms with Crippen LogP contribution in [0.5, 0.6) is 0 Å². The van der Waals surface area contributed by atoms with E-state index in [0.717, 1.165) is 27.5 Å². The fourth-order valence-electron chi connectivity index (χ4n) is 2.65. The Morgan fingerprint density at radius 1 is 1.40 bits per heavy atom. The maximum absolute atomic E-state index is 5.98. The lowest BCUT2D eigenvalue weighted by molar-refractivity contribution is 0.407. The van der Waals surface area contributed by atoms with Crippen molar-refractivity contribution in [2.45, 2.75) is 32.7 Å². The van der Waals surface area contributed by atoms with Crippen LogP contribution in [0.1, 0.15) is 27.2 Å². The van der Waals surface area contributed by atoms with Gasteiger partial charge in [0.15, 0.2) is 0 Å². The first-order chi connectivity index (χ1) is 9.43. The maximum atomic E-state index is 5.98. The summed E-state index contributed by atoms with van der Waals surface area (Å²) in [4.78, 5) is 4.53. The smallest absolute Gasteiger partial charge is 0.0934 e. The molecule has 1 aromatic heterocycles. The van der Waals surface area contributed by atoms with Gasteiger partial charge in [0.2, 0.25) is 0 Å². The highest BCUT2D eigenvalue weighted by atomic mass is 79.9. The molecule has 1 atom stereocenters. The number of hydrogen-bond donors (Lipinski definition) is 2. The fraction of sp³-hybridized carbons (Fsp3) is 0.438. The van der Waals surface area contributed by atoms with E-state index in [-0.39, 0.29) is 5.54 Å². The van der Waals surface area contributed by atoms with Crippen molar-refractivity contribution in [1.82, 2.24) is 4.98 Å². The number of pyridine rings is 1. The van der Waals surface area contributed by atoms with Gasteiger partial charge in [0, 0.05) is 28.1 Å². The van der Waals surface area contributed by atoms with Gasteiger partial charge < -0.3 is 11.1 Å². The van der Waals surface area contributed by atoms with Crippen LogP contribution in [0, 0.1) is 5.92 Å². The fourth-order valence-corrected chi connectivity index (χ4v) is 3.00. The van der Waals surface area contributed by atoms with Crippen molar-refractivity contribution in [3.05, 3.63) is 34.9 Å². The SMILES string of the molecule is CC(C)CC(C)(CN)Nc1cccc2cc(Br)cnc12. The summed E-state index contributed by atoms with van der Waals surface area (Å²) in [5, 5.41) is 4.71. The van der Waals surface area contributed by atoms with Crippen LogP contribution in [0.15, 0.2) is 34.9 Å². The molecule has 0 saturated heterocycles. The average Bonchev–Trinajstić information content (AvgIpc) is 2.37. The number of nitrogens with two attached hydrogens (primary N) is 1. The molecule has 0 aliphatic heterocycles. The quantitative estimate of drug-likeness (QED) is 0.861. The summed E-state index contributed by atoms with van der Waals surface area (Å²) < 4.78 is 0.992. The minimum absolute atomic E-state index is 0.114. The molecule has 1 heterocycles. The van der Waals surface area contributed by atoms with Crippen LogP contribution in [-0.4, -0.2) is 17.1 Å². The number of aromatic nitrogens is 1. The van der Waals surface area contributed by atoms with Gasteiger partial charge in [-0.3, -0.25) is 4.98 Å². The van der Waals surface area contributed by atoms with E-state index in [1.807, 2.05) is 12.3 Å². The highest BCUT2D eigenvalue weighted by Gasteiger charge is 2.24. The Morgan fingerprint density at radius 3 is 2.80 bits per heavy atom. The maximum Gasteiger partial charge on any atom is 0.0934 e. The summed E-state index contributed by atoms with van der Waals surface area (Å²) in [7, 11) is 0. The van der Waals surface area contributed by atoms with Gasteiger partial charge in [-0.05, 0) is 47.3 Å². The van der Waals surface area contributed by atoms with Gasteiger partial charge in [-0.2, -0.15) is 0 Å². The monoisotopic (exact) mass is 335 g/mol. The molecular weight excluding hydrogens is 314 g/mol. The lowest BCUT2D eigenvalue weighted by atomic mass is 9.90. The van der Waals surface area contributed by atoms with Crippen LogP contribution in [0.3, 0.4) is 0 Å². The van der Waals surface area contributed by atoms with Gasteiger partial charge in [0.1, 0.15) is 0 Å². The Labute approximate surface area is 129 Å². The summed E-state index contributed by atoms with van der Waals surface area (Å²) in [6, 6.07) is 8.26. The molecule has 0 saturated carbocycles. The summed E-state index contributed by atoms with van der Waals surface area (Å²) in [5.41, 5.74) is 7.90. The summed E-state index contributed by atoms with van der Waals surface area (Å²) >= 11 is 3.46. The van der Waals surface area contributed by atoms with Gasteiger partial charge in [-0.1, -0.05) is 26.0 Å². The van der Waals surface area contributed by atoms with Crippen molar-refractivity contribution in [3.8, 4) is 0 Å². The van der Waals surface area contributed by atoms with Crippen molar-refractivity contribution < 1.29 is 0 Å². The molecule has 1 unspecified atom stereocenters. The number of hydrogen-bond acceptors (Lipinski definition) is 3. The van der Waals surface area contributed by atoms with E-state index < -0.39 is 0 Å². The molecular formula is C16H22BrN3. The van der Waals surface area contributed by atoms with Gasteiger partial charge in [-0.15, -0.1) is 0 Å². The third-order valence-electron chi connectivity index (χ3n) is 3.42. The molecule has 2 rings (SSSR count). The number of rotatable bonds is 5. The molecule has 4 heteroatoms. The first-order valence-corrected chi connectivity index (χ1v) is 7.75. The molecule has 0 aliphatic carbocycles. The minimum Gasteiger partial charge on any atom is -0.377 e. The first-order valence-electron chi connectivity index (χ1n) is 6.96. The molecule has 0 bridgehead atoms. The predicted molar refractivity (Wildman–Crippen MR) is 90.0 cm³/mol. The molecule has 2 aromatic rings. The Hall–Kier alpha value is -1.13. The third-order valence-corrected chi connectivity index (χ3v) is 3.86. The lowest BCUT2D eigenvalue weighted by Gasteiger charge is -2.32. The Morgan fingerprint density at radius 2 is 2.15 bits per heavy atom. The second kappa shape index (κ2) is 6.10. The molecule has 0 amide bonds. The van der Waals surface area contributed by atoms with Crippen molar-refractivity contribution in [2.75, 3.05) is 11.9 Å². The normalized spacial score (nSPS) is 14.5. The van der Waals surface area contributed by atoms with Crippen LogP contribution in [0.4, 0.5) is 5.69 Å². The predicted octanol–water partition coefficient (Wildman–Crippen LogP) is 4.17. The molecule has 3 nitrogen and oxygen atoms in total. The summed E-state index contributed by atoms with van der Waals surface area (Å²) in [6.07, 6.45) is 2.85. The molecule has 0 radical (unpaired) electrons. The Balaban J connectivity index is 2.37. The van der Waals surface area contributed by atoms with E-state index in [1.54, 1.807) is 0 Å². The molecule has 0 fully saturated rings. The van der Waals surface area contributed by atoms with Crippen LogP contribution in [0.25, 0.3) is 10.9 Å². The number of anilines is 1. The van der Waals surface area contributed by atoms with Gasteiger partial charge >= 0.3 is 0 Å². The second-order valence-electron chi connectivity index (χ2n) is 6.02. The molecule has 20 heavy (non-hydrogen) atoms. The number of para-hydroxylation sites is 1. The topological polar surface area (TPSA) is 50.9 Å². The van der Waals surface area contributed by atoms with Gasteiger partial charge in [0.05, 0.1) is 11.2 Å². The van der Waals surface area contributed by atoms with Crippen molar-refractivity contribution >= 4 is 32.5 Å². The van der Waals surface area contributed by atoms with E-state index in [2.05, 4.69) is 65.2 Å². The Kier molecular flexibility index (Phi) is 4.66. The minimum atomic E-state index is -0.114. The summed E-state index contributed by atoms with van der Waals surface area (Å²) in [5.74, 6) is 0.591. The number of fused-ring (bicyclic) bond motifs is 1. The molecule has 1 aromatic carbocycles. The zero-order valence-electron chi connectivity index (χ0n) is 12.3. The highest BCUT2D eigenvalue weighted by molar-refractivity contribution is 9.10. The zero-order valence-corrected chi connectivity index (χ0v) is 13.9. The van der Waals surface area contributed by atoms with Gasteiger partial charge in [-0.25, -0.2) is 0 Å². The number of halogens is 1. The average molecular weight is 336 g/mol. The highest BCUT2D eigenvalue weighted by Crippen LogP contribution is 2.28. The van der Waals surface area contributed by atoms with Gasteiger partial charge in [0.25, 0.3) is 0 Å².